The van der Waals surface area contributed by atoms with Gasteiger partial charge in [0.15, 0.2) is 11.5 Å². The summed E-state index contributed by atoms with van der Waals surface area (Å²) in [5, 5.41) is 8.92. The number of amides is 1. The second-order valence-electron chi connectivity index (χ2n) is 9.33. The van der Waals surface area contributed by atoms with Gasteiger partial charge in [0.05, 0.1) is 58.3 Å². The summed E-state index contributed by atoms with van der Waals surface area (Å²) >= 11 is 0. The van der Waals surface area contributed by atoms with E-state index >= 15 is 0 Å². The second-order valence-corrected chi connectivity index (χ2v) is 9.33. The van der Waals surface area contributed by atoms with Gasteiger partial charge in [-0.3, -0.25) is 4.79 Å². The Morgan fingerprint density at radius 2 is 1.60 bits per heavy atom. The molecular formula is C31H30N4O8. The van der Waals surface area contributed by atoms with Crippen LogP contribution in [0.4, 0.5) is 5.69 Å². The molecule has 0 aliphatic heterocycles. The molecule has 0 fully saturated rings. The van der Waals surface area contributed by atoms with Crippen LogP contribution in [0, 0.1) is 0 Å². The molecule has 2 heterocycles. The molecule has 0 N–H and O–H groups in total. The summed E-state index contributed by atoms with van der Waals surface area (Å²) in [5.74, 6) is 2.03. The van der Waals surface area contributed by atoms with E-state index in [1.165, 1.54) is 32.1 Å². The number of nitrogens with zero attached hydrogens (tertiary/aromatic N) is 4. The number of para-hydroxylation sites is 1. The van der Waals surface area contributed by atoms with Crippen LogP contribution in [-0.2, 0) is 24.5 Å². The van der Waals surface area contributed by atoms with E-state index in [0.29, 0.717) is 51.1 Å². The van der Waals surface area contributed by atoms with Gasteiger partial charge < -0.3 is 33.0 Å². The molecule has 43 heavy (non-hydrogen) atoms. The molecule has 12 heteroatoms. The number of ether oxygens (including phenoxy) is 5. The van der Waals surface area contributed by atoms with Gasteiger partial charge in [0.25, 0.3) is 0 Å². The van der Waals surface area contributed by atoms with Gasteiger partial charge in [0.1, 0.15) is 35.9 Å². The highest BCUT2D eigenvalue weighted by Gasteiger charge is 2.22. The Balaban J connectivity index is 1.38. The predicted molar refractivity (Wildman–Crippen MR) is 157 cm³/mol. The lowest BCUT2D eigenvalue weighted by Crippen LogP contribution is -2.33. The van der Waals surface area contributed by atoms with Gasteiger partial charge in [-0.05, 0) is 29.8 Å². The molecule has 3 aromatic carbocycles. The molecule has 0 aliphatic rings. The Morgan fingerprint density at radius 3 is 2.28 bits per heavy atom. The number of rotatable bonds is 12. The fourth-order valence-corrected chi connectivity index (χ4v) is 4.52. The fraction of sp³-hybridized carbons (Fsp3) is 0.226. The first kappa shape index (κ1) is 29.0. The van der Waals surface area contributed by atoms with Crippen molar-refractivity contribution in [3.8, 4) is 28.7 Å². The Bertz CT molecular complexity index is 1760. The molecule has 0 radical (unpaired) electrons. The molecule has 1 amide bonds. The first-order chi connectivity index (χ1) is 20.9. The summed E-state index contributed by atoms with van der Waals surface area (Å²) in [6.07, 6.45) is 1.62. The van der Waals surface area contributed by atoms with E-state index in [1.54, 1.807) is 48.5 Å². The lowest BCUT2D eigenvalue weighted by atomic mass is 10.1. The van der Waals surface area contributed by atoms with Gasteiger partial charge in [0, 0.05) is 12.1 Å². The molecule has 0 spiro atoms. The van der Waals surface area contributed by atoms with Crippen molar-refractivity contribution in [1.82, 2.24) is 15.0 Å². The third kappa shape index (κ3) is 6.53. The largest absolute Gasteiger partial charge is 0.497 e. The zero-order valence-electron chi connectivity index (χ0n) is 24.1. The first-order valence-electron chi connectivity index (χ1n) is 13.2. The van der Waals surface area contributed by atoms with Crippen molar-refractivity contribution in [2.75, 3.05) is 33.3 Å². The van der Waals surface area contributed by atoms with Crippen LogP contribution >= 0.6 is 0 Å². The van der Waals surface area contributed by atoms with Gasteiger partial charge in [-0.1, -0.05) is 29.5 Å². The highest BCUT2D eigenvalue weighted by molar-refractivity contribution is 5.94. The average Bonchev–Trinajstić information content (AvgIpc) is 3.48. The van der Waals surface area contributed by atoms with Crippen LogP contribution in [0.2, 0.25) is 0 Å². The van der Waals surface area contributed by atoms with E-state index in [4.69, 9.17) is 28.1 Å². The standard InChI is InChI=1S/C31H30N4O8/c1-38-23-11-9-20(10-12-23)16-35(22-13-27(39-2)31(41-4)28(14-22)40-3)29(36)18-34-17-21(32-33-34)19-42-26-15-30(37)43-25-8-6-5-7-24(25)26/h5-15,17H,16,18-19H2,1-4H3. The number of fused-ring (bicyclic) bond motifs is 1. The molecule has 5 rings (SSSR count). The Labute approximate surface area is 246 Å². The number of aromatic nitrogens is 3. The molecular weight excluding hydrogens is 556 g/mol. The molecule has 0 aliphatic carbocycles. The van der Waals surface area contributed by atoms with E-state index < -0.39 is 5.63 Å². The summed E-state index contributed by atoms with van der Waals surface area (Å²) in [5.41, 5.74) is 1.78. The number of carbonyl (C=O) groups is 1. The quantitative estimate of drug-likeness (QED) is 0.196. The number of carbonyl (C=O) groups excluding carboxylic acids is 1. The smallest absolute Gasteiger partial charge is 0.339 e. The minimum absolute atomic E-state index is 0.0318. The maximum absolute atomic E-state index is 13.8. The van der Waals surface area contributed by atoms with Crippen molar-refractivity contribution in [3.05, 3.63) is 94.6 Å². The Morgan fingerprint density at radius 1 is 0.884 bits per heavy atom. The summed E-state index contributed by atoms with van der Waals surface area (Å²) in [6.45, 7) is 0.164. The van der Waals surface area contributed by atoms with E-state index in [2.05, 4.69) is 10.3 Å². The highest BCUT2D eigenvalue weighted by Crippen LogP contribution is 2.41. The maximum atomic E-state index is 13.8. The molecule has 5 aromatic rings. The zero-order valence-corrected chi connectivity index (χ0v) is 24.1. The van der Waals surface area contributed by atoms with E-state index in [0.717, 1.165) is 5.56 Å². The minimum Gasteiger partial charge on any atom is -0.497 e. The van der Waals surface area contributed by atoms with Crippen molar-refractivity contribution in [1.29, 1.82) is 0 Å². The summed E-state index contributed by atoms with van der Waals surface area (Å²) in [4.78, 5) is 27.3. The molecule has 0 saturated carbocycles. The number of hydrogen-bond acceptors (Lipinski definition) is 10. The Kier molecular flexibility index (Phi) is 8.75. The van der Waals surface area contributed by atoms with Crippen LogP contribution in [-0.4, -0.2) is 49.3 Å². The lowest BCUT2D eigenvalue weighted by molar-refractivity contribution is -0.119. The SMILES string of the molecule is COc1ccc(CN(C(=O)Cn2cc(COc3cc(=O)oc4ccccc34)nn2)c2cc(OC)c(OC)c(OC)c2)cc1. The first-order valence-corrected chi connectivity index (χ1v) is 13.2. The zero-order chi connectivity index (χ0) is 30.3. The number of benzene rings is 3. The molecule has 222 valence electrons. The van der Waals surface area contributed by atoms with Crippen molar-refractivity contribution in [2.45, 2.75) is 19.7 Å². The molecule has 0 saturated heterocycles. The summed E-state index contributed by atoms with van der Waals surface area (Å²) in [7, 11) is 6.14. The molecule has 0 atom stereocenters. The van der Waals surface area contributed by atoms with E-state index in [-0.39, 0.29) is 25.6 Å². The molecule has 0 bridgehead atoms. The van der Waals surface area contributed by atoms with Crippen LogP contribution in [0.5, 0.6) is 28.7 Å². The minimum atomic E-state index is -0.522. The van der Waals surface area contributed by atoms with E-state index in [9.17, 15) is 9.59 Å². The van der Waals surface area contributed by atoms with Gasteiger partial charge in [-0.25, -0.2) is 9.48 Å². The van der Waals surface area contributed by atoms with Gasteiger partial charge in [-0.15, -0.1) is 5.10 Å². The van der Waals surface area contributed by atoms with Crippen molar-refractivity contribution >= 4 is 22.6 Å². The lowest BCUT2D eigenvalue weighted by Gasteiger charge is -2.25. The Hall–Kier alpha value is -5.52. The summed E-state index contributed by atoms with van der Waals surface area (Å²) in [6, 6.07) is 19.2. The van der Waals surface area contributed by atoms with Gasteiger partial charge in [0.2, 0.25) is 11.7 Å². The van der Waals surface area contributed by atoms with Crippen LogP contribution in [0.25, 0.3) is 11.0 Å². The predicted octanol–water partition coefficient (Wildman–Crippen LogP) is 4.23. The van der Waals surface area contributed by atoms with Crippen molar-refractivity contribution in [3.63, 3.8) is 0 Å². The monoisotopic (exact) mass is 586 g/mol. The third-order valence-electron chi connectivity index (χ3n) is 6.63. The third-order valence-corrected chi connectivity index (χ3v) is 6.63. The summed E-state index contributed by atoms with van der Waals surface area (Å²) < 4.78 is 34.3. The normalized spacial score (nSPS) is 10.8. The van der Waals surface area contributed by atoms with Gasteiger partial charge in [-0.2, -0.15) is 0 Å². The highest BCUT2D eigenvalue weighted by atomic mass is 16.5. The van der Waals surface area contributed by atoms with Crippen LogP contribution in [0.1, 0.15) is 11.3 Å². The topological polar surface area (TPSA) is 127 Å². The molecule has 0 unspecified atom stereocenters. The number of anilines is 1. The number of hydrogen-bond donors (Lipinski definition) is 0. The van der Waals surface area contributed by atoms with Crippen molar-refractivity contribution < 1.29 is 32.9 Å². The average molecular weight is 587 g/mol. The van der Waals surface area contributed by atoms with Crippen LogP contribution < -0.4 is 34.2 Å². The fourth-order valence-electron chi connectivity index (χ4n) is 4.52. The second kappa shape index (κ2) is 13.0. The van der Waals surface area contributed by atoms with Crippen LogP contribution in [0.15, 0.2) is 82.1 Å². The van der Waals surface area contributed by atoms with Crippen molar-refractivity contribution in [2.24, 2.45) is 0 Å². The van der Waals surface area contributed by atoms with Gasteiger partial charge >= 0.3 is 5.63 Å². The maximum Gasteiger partial charge on any atom is 0.339 e. The molecule has 12 nitrogen and oxygen atoms in total. The molecule has 2 aromatic heterocycles. The van der Waals surface area contributed by atoms with E-state index in [1.807, 2.05) is 30.3 Å². The number of methoxy groups -OCH3 is 4. The van der Waals surface area contributed by atoms with Crippen LogP contribution in [0.3, 0.4) is 0 Å².